The Kier molecular flexibility index (Phi) is 3.50. The Morgan fingerprint density at radius 1 is 1.39 bits per heavy atom. The molecule has 1 atom stereocenters. The van der Waals surface area contributed by atoms with Gasteiger partial charge in [-0.3, -0.25) is 9.48 Å². The van der Waals surface area contributed by atoms with Crippen LogP contribution in [0.3, 0.4) is 0 Å². The minimum absolute atomic E-state index is 0.00430. The average molecular weight is 346 g/mol. The lowest BCUT2D eigenvalue weighted by Gasteiger charge is -2.15. The number of carbonyl (C=O) groups excluding carboxylic acids is 1. The normalized spacial score (nSPS) is 16.0. The molecule has 23 heavy (non-hydrogen) atoms. The fourth-order valence-electron chi connectivity index (χ4n) is 2.86. The highest BCUT2D eigenvalue weighted by molar-refractivity contribution is 7.20. The van der Waals surface area contributed by atoms with E-state index in [9.17, 15) is 4.79 Å². The molecule has 1 N–H and O–H groups in total. The van der Waals surface area contributed by atoms with Gasteiger partial charge in [0.25, 0.3) is 5.91 Å². The molecular formula is C16H18N4OS2. The summed E-state index contributed by atoms with van der Waals surface area (Å²) in [5.41, 5.74) is 0.965. The number of nitrogens with zero attached hydrogens (tertiary/aromatic N) is 3. The van der Waals surface area contributed by atoms with Crippen LogP contribution >= 0.6 is 22.7 Å². The molecule has 1 aliphatic rings. The van der Waals surface area contributed by atoms with Gasteiger partial charge in [-0.1, -0.05) is 0 Å². The van der Waals surface area contributed by atoms with Crippen molar-refractivity contribution in [3.8, 4) is 0 Å². The van der Waals surface area contributed by atoms with Crippen molar-refractivity contribution in [1.82, 2.24) is 20.1 Å². The Labute approximate surface area is 142 Å². The summed E-state index contributed by atoms with van der Waals surface area (Å²) in [4.78, 5) is 20.2. The number of thiophene rings is 1. The molecule has 4 rings (SSSR count). The SMILES string of the molecule is Cc1cnc([C@@H](NC(=O)c2cc3c(C)nn(C)c3s2)C2CC2)s1. The maximum absolute atomic E-state index is 12.7. The third-order valence-corrected chi connectivity index (χ3v) is 6.40. The smallest absolute Gasteiger partial charge is 0.262 e. The van der Waals surface area contributed by atoms with Crippen LogP contribution in [-0.4, -0.2) is 20.7 Å². The van der Waals surface area contributed by atoms with Crippen molar-refractivity contribution in [1.29, 1.82) is 0 Å². The molecule has 1 fully saturated rings. The van der Waals surface area contributed by atoms with E-state index in [-0.39, 0.29) is 11.9 Å². The van der Waals surface area contributed by atoms with Crippen molar-refractivity contribution < 1.29 is 4.79 Å². The van der Waals surface area contributed by atoms with Gasteiger partial charge in [-0.05, 0) is 38.7 Å². The molecule has 0 saturated heterocycles. The summed E-state index contributed by atoms with van der Waals surface area (Å²) >= 11 is 3.18. The highest BCUT2D eigenvalue weighted by Crippen LogP contribution is 2.42. The summed E-state index contributed by atoms with van der Waals surface area (Å²) in [5, 5.41) is 9.68. The molecule has 1 saturated carbocycles. The number of amides is 1. The van der Waals surface area contributed by atoms with E-state index in [0.29, 0.717) is 5.92 Å². The third kappa shape index (κ3) is 2.68. The van der Waals surface area contributed by atoms with E-state index in [1.165, 1.54) is 29.1 Å². The summed E-state index contributed by atoms with van der Waals surface area (Å²) in [6.45, 7) is 4.02. The van der Waals surface area contributed by atoms with Gasteiger partial charge in [-0.2, -0.15) is 5.10 Å². The van der Waals surface area contributed by atoms with Crippen molar-refractivity contribution in [2.45, 2.75) is 32.7 Å². The predicted molar refractivity (Wildman–Crippen MR) is 93.1 cm³/mol. The van der Waals surface area contributed by atoms with Crippen LogP contribution in [0.15, 0.2) is 12.3 Å². The number of aromatic nitrogens is 3. The number of nitrogens with one attached hydrogen (secondary N) is 1. The van der Waals surface area contributed by atoms with Gasteiger partial charge in [-0.15, -0.1) is 22.7 Å². The molecule has 0 unspecified atom stereocenters. The summed E-state index contributed by atoms with van der Waals surface area (Å²) in [6, 6.07) is 2.00. The minimum atomic E-state index is -0.00430. The van der Waals surface area contributed by atoms with Gasteiger partial charge in [0.05, 0.1) is 16.6 Å². The zero-order valence-corrected chi connectivity index (χ0v) is 14.9. The van der Waals surface area contributed by atoms with Gasteiger partial charge in [0.1, 0.15) is 9.84 Å². The van der Waals surface area contributed by atoms with Gasteiger partial charge in [0.15, 0.2) is 0 Å². The molecule has 1 amide bonds. The number of hydrogen-bond acceptors (Lipinski definition) is 5. The molecule has 120 valence electrons. The summed E-state index contributed by atoms with van der Waals surface area (Å²) < 4.78 is 1.84. The quantitative estimate of drug-likeness (QED) is 0.785. The van der Waals surface area contributed by atoms with Crippen LogP contribution < -0.4 is 5.32 Å². The molecule has 0 radical (unpaired) electrons. The van der Waals surface area contributed by atoms with Gasteiger partial charge in [0.2, 0.25) is 0 Å². The van der Waals surface area contributed by atoms with E-state index >= 15 is 0 Å². The topological polar surface area (TPSA) is 59.8 Å². The van der Waals surface area contributed by atoms with E-state index in [1.807, 2.05) is 30.9 Å². The number of aryl methyl sites for hydroxylation is 3. The van der Waals surface area contributed by atoms with Gasteiger partial charge >= 0.3 is 0 Å². The Bertz CT molecular complexity index is 853. The second-order valence-corrected chi connectivity index (χ2v) is 8.43. The summed E-state index contributed by atoms with van der Waals surface area (Å²) in [5.74, 6) is 0.526. The Hall–Kier alpha value is -1.73. The van der Waals surface area contributed by atoms with Gasteiger partial charge in [-0.25, -0.2) is 4.98 Å². The molecule has 0 bridgehead atoms. The number of hydrogen-bond donors (Lipinski definition) is 1. The molecule has 3 aromatic rings. The van der Waals surface area contributed by atoms with Gasteiger partial charge in [0, 0.05) is 23.5 Å². The predicted octanol–water partition coefficient (Wildman–Crippen LogP) is 3.59. The fourth-order valence-corrected chi connectivity index (χ4v) is 4.80. The van der Waals surface area contributed by atoms with Crippen molar-refractivity contribution >= 4 is 38.8 Å². The molecular weight excluding hydrogens is 328 g/mol. The van der Waals surface area contributed by atoms with Crippen molar-refractivity contribution in [3.63, 3.8) is 0 Å². The van der Waals surface area contributed by atoms with Crippen LogP contribution in [0.4, 0.5) is 0 Å². The van der Waals surface area contributed by atoms with E-state index in [2.05, 4.69) is 22.3 Å². The lowest BCUT2D eigenvalue weighted by Crippen LogP contribution is -2.29. The largest absolute Gasteiger partial charge is 0.342 e. The van der Waals surface area contributed by atoms with Crippen LogP contribution in [0.2, 0.25) is 0 Å². The second kappa shape index (κ2) is 5.42. The standard InChI is InChI=1S/C16H18N4OS2/c1-8-7-17-15(22-8)13(10-4-5-10)18-14(21)12-6-11-9(2)19-20(3)16(11)23-12/h6-7,10,13H,4-5H2,1-3H3,(H,18,21)/t13-/m0/s1. The van der Waals surface area contributed by atoms with E-state index in [4.69, 9.17) is 0 Å². The Morgan fingerprint density at radius 3 is 2.78 bits per heavy atom. The average Bonchev–Trinajstić information content (AvgIpc) is 2.99. The summed E-state index contributed by atoms with van der Waals surface area (Å²) in [7, 11) is 1.92. The molecule has 1 aliphatic carbocycles. The molecule has 3 heterocycles. The first-order valence-electron chi connectivity index (χ1n) is 7.69. The number of thiazole rings is 1. The molecule has 0 aromatic carbocycles. The third-order valence-electron chi connectivity index (χ3n) is 4.21. The number of fused-ring (bicyclic) bond motifs is 1. The zero-order valence-electron chi connectivity index (χ0n) is 13.3. The Balaban J connectivity index is 1.60. The molecule has 7 heteroatoms. The first-order valence-corrected chi connectivity index (χ1v) is 9.32. The van der Waals surface area contributed by atoms with Crippen LogP contribution in [0.25, 0.3) is 10.2 Å². The highest BCUT2D eigenvalue weighted by atomic mass is 32.1. The zero-order chi connectivity index (χ0) is 16.1. The lowest BCUT2D eigenvalue weighted by atomic mass is 10.2. The van der Waals surface area contributed by atoms with Crippen LogP contribution in [0.5, 0.6) is 0 Å². The highest BCUT2D eigenvalue weighted by Gasteiger charge is 2.35. The number of rotatable bonds is 4. The molecule has 0 aliphatic heterocycles. The van der Waals surface area contributed by atoms with Crippen LogP contribution in [-0.2, 0) is 7.05 Å². The first-order chi connectivity index (χ1) is 11.0. The Morgan fingerprint density at radius 2 is 2.17 bits per heavy atom. The second-order valence-electron chi connectivity index (χ2n) is 6.14. The van der Waals surface area contributed by atoms with Crippen molar-refractivity contribution in [2.75, 3.05) is 0 Å². The first kappa shape index (κ1) is 14.8. The van der Waals surface area contributed by atoms with E-state index in [1.54, 1.807) is 11.3 Å². The van der Waals surface area contributed by atoms with E-state index < -0.39 is 0 Å². The maximum atomic E-state index is 12.7. The van der Waals surface area contributed by atoms with E-state index in [0.717, 1.165) is 25.8 Å². The van der Waals surface area contributed by atoms with Crippen LogP contribution in [0.1, 0.15) is 44.1 Å². The fraction of sp³-hybridized carbons (Fsp3) is 0.438. The molecule has 5 nitrogen and oxygen atoms in total. The molecule has 3 aromatic heterocycles. The van der Waals surface area contributed by atoms with Crippen molar-refractivity contribution in [2.24, 2.45) is 13.0 Å². The summed E-state index contributed by atoms with van der Waals surface area (Å²) in [6.07, 6.45) is 4.22. The van der Waals surface area contributed by atoms with Crippen molar-refractivity contribution in [3.05, 3.63) is 32.7 Å². The minimum Gasteiger partial charge on any atom is -0.342 e. The number of carbonyl (C=O) groups is 1. The lowest BCUT2D eigenvalue weighted by molar-refractivity contribution is 0.0936. The van der Waals surface area contributed by atoms with Gasteiger partial charge < -0.3 is 5.32 Å². The maximum Gasteiger partial charge on any atom is 0.262 e. The molecule has 0 spiro atoms. The monoisotopic (exact) mass is 346 g/mol. The van der Waals surface area contributed by atoms with Crippen LogP contribution in [0, 0.1) is 19.8 Å².